The molecule has 1 fully saturated rings. The van der Waals surface area contributed by atoms with Crippen LogP contribution in [0.4, 0.5) is 5.69 Å². The van der Waals surface area contributed by atoms with E-state index < -0.39 is 11.3 Å². The van der Waals surface area contributed by atoms with Crippen LogP contribution < -0.4 is 16.4 Å². The molecule has 0 atom stereocenters. The van der Waals surface area contributed by atoms with Crippen LogP contribution in [0.15, 0.2) is 18.2 Å². The number of benzene rings is 1. The van der Waals surface area contributed by atoms with Gasteiger partial charge in [0.1, 0.15) is 0 Å². The van der Waals surface area contributed by atoms with Gasteiger partial charge in [-0.15, -0.1) is 0 Å². The van der Waals surface area contributed by atoms with Crippen molar-refractivity contribution in [3.8, 4) is 0 Å². The first kappa shape index (κ1) is 14.8. The molecule has 1 saturated heterocycles. The van der Waals surface area contributed by atoms with Crippen molar-refractivity contribution < 1.29 is 9.59 Å². The Bertz CT molecular complexity index is 539. The predicted octanol–water partition coefficient (Wildman–Crippen LogP) is 1.77. The van der Waals surface area contributed by atoms with E-state index in [1.807, 2.05) is 6.92 Å². The van der Waals surface area contributed by atoms with E-state index in [1.54, 1.807) is 12.1 Å². The van der Waals surface area contributed by atoms with Gasteiger partial charge in [0.25, 0.3) is 0 Å². The van der Waals surface area contributed by atoms with E-state index in [0.29, 0.717) is 5.69 Å². The molecule has 4 N–H and O–H groups in total. The van der Waals surface area contributed by atoms with E-state index in [4.69, 9.17) is 17.3 Å². The molecule has 0 bridgehead atoms. The molecule has 1 aliphatic heterocycles. The Kier molecular flexibility index (Phi) is 4.30. The largest absolute Gasteiger partial charge is 0.366 e. The summed E-state index contributed by atoms with van der Waals surface area (Å²) in [5, 5.41) is 6.35. The zero-order valence-electron chi connectivity index (χ0n) is 11.3. The first-order valence-electron chi connectivity index (χ1n) is 6.54. The lowest BCUT2D eigenvalue weighted by Crippen LogP contribution is -2.42. The summed E-state index contributed by atoms with van der Waals surface area (Å²) in [4.78, 5) is 23.6. The molecule has 20 heavy (non-hydrogen) atoms. The van der Waals surface area contributed by atoms with Crippen LogP contribution in [0.3, 0.4) is 0 Å². The highest BCUT2D eigenvalue weighted by Crippen LogP contribution is 2.30. The Balaban J connectivity index is 2.15. The number of hydrogen-bond acceptors (Lipinski definition) is 3. The fourth-order valence-electron chi connectivity index (χ4n) is 2.28. The van der Waals surface area contributed by atoms with Crippen molar-refractivity contribution >= 4 is 29.1 Å². The zero-order chi connectivity index (χ0) is 14.8. The number of carbonyl (C=O) groups is 2. The summed E-state index contributed by atoms with van der Waals surface area (Å²) < 4.78 is 0. The molecular formula is C14H18ClN3O2. The number of rotatable bonds is 3. The van der Waals surface area contributed by atoms with E-state index in [-0.39, 0.29) is 16.5 Å². The standard InChI is InChI=1S/C14H18ClN3O2/c1-14(4-6-17-7-5-14)13(20)18-9-2-3-11(15)10(8-9)12(16)19/h2-3,8,17H,4-7H2,1H3,(H2,16,19)(H,18,20). The number of anilines is 1. The fraction of sp³-hybridized carbons (Fsp3) is 0.429. The molecular weight excluding hydrogens is 278 g/mol. The van der Waals surface area contributed by atoms with Crippen molar-refractivity contribution in [3.05, 3.63) is 28.8 Å². The van der Waals surface area contributed by atoms with Gasteiger partial charge in [-0.2, -0.15) is 0 Å². The van der Waals surface area contributed by atoms with Crippen LogP contribution in [0.25, 0.3) is 0 Å². The molecule has 0 aromatic heterocycles. The van der Waals surface area contributed by atoms with Gasteiger partial charge in [-0.05, 0) is 44.1 Å². The first-order chi connectivity index (χ1) is 9.42. The third kappa shape index (κ3) is 3.11. The fourth-order valence-corrected chi connectivity index (χ4v) is 2.49. The molecule has 108 valence electrons. The van der Waals surface area contributed by atoms with E-state index in [2.05, 4.69) is 10.6 Å². The van der Waals surface area contributed by atoms with Crippen LogP contribution in [-0.2, 0) is 4.79 Å². The van der Waals surface area contributed by atoms with Crippen LogP contribution in [0.1, 0.15) is 30.1 Å². The molecule has 2 rings (SSSR count). The van der Waals surface area contributed by atoms with Crippen LogP contribution in [0.5, 0.6) is 0 Å². The molecule has 5 nitrogen and oxygen atoms in total. The van der Waals surface area contributed by atoms with Crippen molar-refractivity contribution in [2.45, 2.75) is 19.8 Å². The lowest BCUT2D eigenvalue weighted by molar-refractivity contribution is -0.126. The normalized spacial score (nSPS) is 17.5. The van der Waals surface area contributed by atoms with E-state index in [9.17, 15) is 9.59 Å². The molecule has 1 aliphatic rings. The molecule has 0 radical (unpaired) electrons. The van der Waals surface area contributed by atoms with Crippen molar-refractivity contribution in [1.29, 1.82) is 0 Å². The lowest BCUT2D eigenvalue weighted by Gasteiger charge is -2.32. The summed E-state index contributed by atoms with van der Waals surface area (Å²) in [6.45, 7) is 3.61. The molecule has 1 aromatic rings. The Morgan fingerprint density at radius 2 is 2.00 bits per heavy atom. The van der Waals surface area contributed by atoms with E-state index in [1.165, 1.54) is 6.07 Å². The van der Waals surface area contributed by atoms with E-state index >= 15 is 0 Å². The number of piperidine rings is 1. The topological polar surface area (TPSA) is 84.2 Å². The molecule has 0 aliphatic carbocycles. The minimum absolute atomic E-state index is 0.0447. The Morgan fingerprint density at radius 3 is 2.60 bits per heavy atom. The number of carbonyl (C=O) groups excluding carboxylic acids is 2. The van der Waals surface area contributed by atoms with Crippen LogP contribution >= 0.6 is 11.6 Å². The number of amides is 2. The highest BCUT2D eigenvalue weighted by Gasteiger charge is 2.34. The molecule has 2 amide bonds. The van der Waals surface area contributed by atoms with Crippen LogP contribution in [0, 0.1) is 5.41 Å². The maximum Gasteiger partial charge on any atom is 0.250 e. The third-order valence-corrected chi connectivity index (χ3v) is 4.07. The van der Waals surface area contributed by atoms with E-state index in [0.717, 1.165) is 25.9 Å². The maximum absolute atomic E-state index is 12.4. The zero-order valence-corrected chi connectivity index (χ0v) is 12.1. The SMILES string of the molecule is CC1(C(=O)Nc2ccc(Cl)c(C(N)=O)c2)CCNCC1. The van der Waals surface area contributed by atoms with Crippen LogP contribution in [-0.4, -0.2) is 24.9 Å². The summed E-state index contributed by atoms with van der Waals surface area (Å²) >= 11 is 5.88. The summed E-state index contributed by atoms with van der Waals surface area (Å²) in [5.41, 5.74) is 5.59. The van der Waals surface area contributed by atoms with Gasteiger partial charge in [-0.25, -0.2) is 0 Å². The molecule has 0 saturated carbocycles. The Morgan fingerprint density at radius 1 is 1.35 bits per heavy atom. The molecule has 0 spiro atoms. The maximum atomic E-state index is 12.4. The monoisotopic (exact) mass is 295 g/mol. The highest BCUT2D eigenvalue weighted by molar-refractivity contribution is 6.34. The molecule has 0 unspecified atom stereocenters. The molecule has 1 aromatic carbocycles. The molecule has 1 heterocycles. The van der Waals surface area contributed by atoms with Gasteiger partial charge in [0.15, 0.2) is 0 Å². The number of hydrogen-bond donors (Lipinski definition) is 3. The number of primary amides is 1. The Labute approximate surface area is 122 Å². The van der Waals surface area contributed by atoms with Gasteiger partial charge in [0.2, 0.25) is 11.8 Å². The second-order valence-corrected chi connectivity index (χ2v) is 5.73. The van der Waals surface area contributed by atoms with Crippen molar-refractivity contribution in [1.82, 2.24) is 5.32 Å². The third-order valence-electron chi connectivity index (χ3n) is 3.74. The Hall–Kier alpha value is -1.59. The lowest BCUT2D eigenvalue weighted by atomic mass is 9.80. The van der Waals surface area contributed by atoms with Crippen molar-refractivity contribution in [2.75, 3.05) is 18.4 Å². The first-order valence-corrected chi connectivity index (χ1v) is 6.92. The van der Waals surface area contributed by atoms with Crippen LogP contribution in [0.2, 0.25) is 5.02 Å². The van der Waals surface area contributed by atoms with Crippen molar-refractivity contribution in [3.63, 3.8) is 0 Å². The highest BCUT2D eigenvalue weighted by atomic mass is 35.5. The number of nitrogens with two attached hydrogens (primary N) is 1. The smallest absolute Gasteiger partial charge is 0.250 e. The summed E-state index contributed by atoms with van der Waals surface area (Å²) in [6.07, 6.45) is 1.57. The van der Waals surface area contributed by atoms with Gasteiger partial charge in [0, 0.05) is 11.1 Å². The second kappa shape index (κ2) is 5.81. The second-order valence-electron chi connectivity index (χ2n) is 5.32. The minimum atomic E-state index is -0.612. The summed E-state index contributed by atoms with van der Waals surface area (Å²) in [6, 6.07) is 4.73. The van der Waals surface area contributed by atoms with Gasteiger partial charge in [-0.1, -0.05) is 18.5 Å². The van der Waals surface area contributed by atoms with Gasteiger partial charge >= 0.3 is 0 Å². The summed E-state index contributed by atoms with van der Waals surface area (Å²) in [7, 11) is 0. The average molecular weight is 296 g/mol. The van der Waals surface area contributed by atoms with Gasteiger partial charge < -0.3 is 16.4 Å². The predicted molar refractivity (Wildman–Crippen MR) is 78.8 cm³/mol. The number of nitrogens with one attached hydrogen (secondary N) is 2. The molecule has 6 heteroatoms. The quantitative estimate of drug-likeness (QED) is 0.794. The summed E-state index contributed by atoms with van der Waals surface area (Å²) in [5.74, 6) is -0.657. The number of halogens is 1. The minimum Gasteiger partial charge on any atom is -0.366 e. The van der Waals surface area contributed by atoms with Gasteiger partial charge in [0.05, 0.1) is 10.6 Å². The average Bonchev–Trinajstić information content (AvgIpc) is 2.41. The van der Waals surface area contributed by atoms with Crippen molar-refractivity contribution in [2.24, 2.45) is 11.1 Å². The van der Waals surface area contributed by atoms with Gasteiger partial charge in [-0.3, -0.25) is 9.59 Å².